The van der Waals surface area contributed by atoms with Gasteiger partial charge in [0.15, 0.2) is 0 Å². The van der Waals surface area contributed by atoms with Crippen LogP contribution in [0.25, 0.3) is 0 Å². The number of nitriles is 1. The minimum absolute atomic E-state index is 0.00225. The molecule has 1 rings (SSSR count). The third-order valence-corrected chi connectivity index (χ3v) is 2.84. The number of aromatic nitrogens is 2. The molecule has 0 saturated carbocycles. The van der Waals surface area contributed by atoms with E-state index in [1.54, 1.807) is 9.58 Å². The normalized spacial score (nSPS) is 10.4. The van der Waals surface area contributed by atoms with E-state index in [4.69, 9.17) is 5.26 Å². The topological polar surface area (TPSA) is 61.9 Å². The predicted octanol–water partition coefficient (Wildman–Crippen LogP) is 1.84. The van der Waals surface area contributed by atoms with Crippen LogP contribution in [0, 0.1) is 11.3 Å². The van der Waals surface area contributed by atoms with E-state index in [1.165, 1.54) is 0 Å². The van der Waals surface area contributed by atoms with Crippen molar-refractivity contribution in [2.75, 3.05) is 6.54 Å². The van der Waals surface area contributed by atoms with E-state index in [-0.39, 0.29) is 18.5 Å². The van der Waals surface area contributed by atoms with Crippen molar-refractivity contribution in [1.29, 1.82) is 5.26 Å². The molecule has 0 fully saturated rings. The highest BCUT2D eigenvalue weighted by Crippen LogP contribution is 2.11. The molecule has 0 aliphatic rings. The number of carbonyl (C=O) groups is 1. The Kier molecular flexibility index (Phi) is 4.90. The molecule has 1 amide bonds. The van der Waals surface area contributed by atoms with Crippen LogP contribution in [0.5, 0.6) is 0 Å². The van der Waals surface area contributed by atoms with Crippen LogP contribution >= 0.6 is 0 Å². The van der Waals surface area contributed by atoms with Crippen molar-refractivity contribution in [3.8, 4) is 6.07 Å². The minimum atomic E-state index is -0.124. The largest absolute Gasteiger partial charge is 0.322 e. The van der Waals surface area contributed by atoms with Gasteiger partial charge in [0.2, 0.25) is 0 Å². The molecule has 98 valence electrons. The van der Waals surface area contributed by atoms with Crippen LogP contribution in [-0.4, -0.2) is 33.2 Å². The fourth-order valence-electron chi connectivity index (χ4n) is 1.77. The van der Waals surface area contributed by atoms with Crippen LogP contribution in [-0.2, 0) is 13.0 Å². The molecule has 18 heavy (non-hydrogen) atoms. The number of rotatable bonds is 5. The fourth-order valence-corrected chi connectivity index (χ4v) is 1.77. The lowest BCUT2D eigenvalue weighted by Gasteiger charge is -2.23. The molecule has 0 aliphatic heterocycles. The van der Waals surface area contributed by atoms with E-state index >= 15 is 0 Å². The Balaban J connectivity index is 3.08. The van der Waals surface area contributed by atoms with Gasteiger partial charge in [0.25, 0.3) is 5.91 Å². The average Bonchev–Trinajstić information content (AvgIpc) is 2.78. The number of hydrogen-bond acceptors (Lipinski definition) is 3. The highest BCUT2D eigenvalue weighted by atomic mass is 16.2. The minimum Gasteiger partial charge on any atom is -0.322 e. The summed E-state index contributed by atoms with van der Waals surface area (Å²) < 4.78 is 1.70. The first-order valence-corrected chi connectivity index (χ1v) is 6.29. The monoisotopic (exact) mass is 248 g/mol. The Bertz CT molecular complexity index is 456. The molecule has 0 saturated heterocycles. The molecule has 0 radical (unpaired) electrons. The molecule has 0 atom stereocenters. The van der Waals surface area contributed by atoms with Crippen LogP contribution in [0.3, 0.4) is 0 Å². The lowest BCUT2D eigenvalue weighted by Crippen LogP contribution is -2.38. The third-order valence-electron chi connectivity index (χ3n) is 2.84. The molecule has 0 aromatic carbocycles. The Morgan fingerprint density at radius 3 is 2.67 bits per heavy atom. The summed E-state index contributed by atoms with van der Waals surface area (Å²) in [5, 5.41) is 13.1. The van der Waals surface area contributed by atoms with Crippen molar-refractivity contribution >= 4 is 5.91 Å². The first-order valence-electron chi connectivity index (χ1n) is 6.29. The Morgan fingerprint density at radius 1 is 1.56 bits per heavy atom. The summed E-state index contributed by atoms with van der Waals surface area (Å²) in [6, 6.07) is 3.85. The van der Waals surface area contributed by atoms with Gasteiger partial charge in [-0.15, -0.1) is 0 Å². The Labute approximate surface area is 108 Å². The van der Waals surface area contributed by atoms with E-state index in [2.05, 4.69) is 5.10 Å². The lowest BCUT2D eigenvalue weighted by atomic mass is 10.2. The van der Waals surface area contributed by atoms with Crippen molar-refractivity contribution in [3.63, 3.8) is 0 Å². The number of hydrogen-bond donors (Lipinski definition) is 0. The van der Waals surface area contributed by atoms with E-state index in [9.17, 15) is 4.79 Å². The quantitative estimate of drug-likeness (QED) is 0.747. The summed E-state index contributed by atoms with van der Waals surface area (Å²) in [5.74, 6) is -0.124. The average molecular weight is 248 g/mol. The van der Waals surface area contributed by atoms with Crippen LogP contribution < -0.4 is 0 Å². The van der Waals surface area contributed by atoms with E-state index < -0.39 is 0 Å². The molecule has 0 N–H and O–H groups in total. The predicted molar refractivity (Wildman–Crippen MR) is 69.1 cm³/mol. The zero-order valence-corrected chi connectivity index (χ0v) is 11.5. The van der Waals surface area contributed by atoms with Crippen molar-refractivity contribution in [2.24, 2.45) is 0 Å². The van der Waals surface area contributed by atoms with Gasteiger partial charge in [-0.25, -0.2) is 0 Å². The van der Waals surface area contributed by atoms with Crippen molar-refractivity contribution in [2.45, 2.75) is 46.7 Å². The number of aryl methyl sites for hydroxylation is 2. The first kappa shape index (κ1) is 14.2. The first-order chi connectivity index (χ1) is 8.54. The Morgan fingerprint density at radius 2 is 2.22 bits per heavy atom. The molecule has 5 nitrogen and oxygen atoms in total. The standard InChI is InChI=1S/C13H20N4O/c1-5-11-9-12(17(6-2)15-11)13(18)16(8-7-14)10(3)4/h9-10H,5-6,8H2,1-4H3. The number of nitrogens with zero attached hydrogens (tertiary/aromatic N) is 4. The second kappa shape index (κ2) is 6.20. The van der Waals surface area contributed by atoms with Crippen molar-refractivity contribution in [1.82, 2.24) is 14.7 Å². The number of carbonyl (C=O) groups excluding carboxylic acids is 1. The molecular weight excluding hydrogens is 228 g/mol. The van der Waals surface area contributed by atoms with Crippen LogP contribution in [0.1, 0.15) is 43.9 Å². The smallest absolute Gasteiger partial charge is 0.273 e. The second-order valence-corrected chi connectivity index (χ2v) is 4.38. The van der Waals surface area contributed by atoms with Gasteiger partial charge < -0.3 is 4.90 Å². The highest BCUT2D eigenvalue weighted by molar-refractivity contribution is 5.93. The summed E-state index contributed by atoms with van der Waals surface area (Å²) in [4.78, 5) is 14.0. The summed E-state index contributed by atoms with van der Waals surface area (Å²) >= 11 is 0. The van der Waals surface area contributed by atoms with Crippen molar-refractivity contribution in [3.05, 3.63) is 17.5 Å². The van der Waals surface area contributed by atoms with E-state index in [0.717, 1.165) is 12.1 Å². The van der Waals surface area contributed by atoms with Crippen LogP contribution in [0.2, 0.25) is 0 Å². The van der Waals surface area contributed by atoms with E-state index in [0.29, 0.717) is 12.2 Å². The third kappa shape index (κ3) is 2.89. The van der Waals surface area contributed by atoms with Gasteiger partial charge in [-0.2, -0.15) is 10.4 Å². The molecule has 1 heterocycles. The molecule has 1 aromatic heterocycles. The van der Waals surface area contributed by atoms with Gasteiger partial charge in [-0.3, -0.25) is 9.48 Å². The second-order valence-electron chi connectivity index (χ2n) is 4.38. The van der Waals surface area contributed by atoms with Gasteiger partial charge in [0.1, 0.15) is 12.2 Å². The maximum absolute atomic E-state index is 12.4. The lowest BCUT2D eigenvalue weighted by molar-refractivity contribution is 0.0719. The zero-order valence-electron chi connectivity index (χ0n) is 11.5. The molecular formula is C13H20N4O. The SMILES string of the molecule is CCc1cc(C(=O)N(CC#N)C(C)C)n(CC)n1. The van der Waals surface area contributed by atoms with Gasteiger partial charge in [-0.1, -0.05) is 6.92 Å². The van der Waals surface area contributed by atoms with Gasteiger partial charge >= 0.3 is 0 Å². The summed E-state index contributed by atoms with van der Waals surface area (Å²) in [6.45, 7) is 8.52. The van der Waals surface area contributed by atoms with Gasteiger partial charge in [0, 0.05) is 12.6 Å². The van der Waals surface area contributed by atoms with Crippen LogP contribution in [0.4, 0.5) is 0 Å². The van der Waals surface area contributed by atoms with Gasteiger partial charge in [0.05, 0.1) is 11.8 Å². The van der Waals surface area contributed by atoms with Crippen LogP contribution in [0.15, 0.2) is 6.07 Å². The molecule has 1 aromatic rings. The fraction of sp³-hybridized carbons (Fsp3) is 0.615. The molecule has 0 bridgehead atoms. The van der Waals surface area contributed by atoms with Gasteiger partial charge in [-0.05, 0) is 33.3 Å². The van der Waals surface area contributed by atoms with E-state index in [1.807, 2.05) is 39.8 Å². The number of amides is 1. The van der Waals surface area contributed by atoms with Crippen molar-refractivity contribution < 1.29 is 4.79 Å². The summed E-state index contributed by atoms with van der Waals surface area (Å²) in [7, 11) is 0. The molecule has 0 spiro atoms. The maximum atomic E-state index is 12.4. The molecule has 0 unspecified atom stereocenters. The summed E-state index contributed by atoms with van der Waals surface area (Å²) in [6.07, 6.45) is 0.799. The highest BCUT2D eigenvalue weighted by Gasteiger charge is 2.22. The Hall–Kier alpha value is -1.83. The molecule has 0 aliphatic carbocycles. The molecule has 5 heteroatoms. The zero-order chi connectivity index (χ0) is 13.7. The maximum Gasteiger partial charge on any atom is 0.273 e. The summed E-state index contributed by atoms with van der Waals surface area (Å²) in [5.41, 5.74) is 1.47.